The van der Waals surface area contributed by atoms with Gasteiger partial charge >= 0.3 is 5.97 Å². The molecule has 2 aromatic rings. The van der Waals surface area contributed by atoms with Crippen LogP contribution >= 0.6 is 22.9 Å². The van der Waals surface area contributed by atoms with E-state index in [4.69, 9.17) is 16.7 Å². The van der Waals surface area contributed by atoms with Crippen LogP contribution < -0.4 is 4.90 Å². The van der Waals surface area contributed by atoms with Crippen molar-refractivity contribution in [1.29, 1.82) is 0 Å². The number of hydrogen-bond acceptors (Lipinski definition) is 5. The number of halogens is 1. The second kappa shape index (κ2) is 7.51. The van der Waals surface area contributed by atoms with Gasteiger partial charge in [0.25, 0.3) is 0 Å². The number of anilines is 1. The summed E-state index contributed by atoms with van der Waals surface area (Å²) >= 11 is 7.62. The molecule has 3 rings (SSSR count). The normalized spacial score (nSPS) is 15.9. The van der Waals surface area contributed by atoms with E-state index < -0.39 is 5.97 Å². The predicted octanol–water partition coefficient (Wildman–Crippen LogP) is 3.45. The van der Waals surface area contributed by atoms with Gasteiger partial charge in [0.15, 0.2) is 5.13 Å². The van der Waals surface area contributed by atoms with Crippen molar-refractivity contribution < 1.29 is 9.90 Å². The second-order valence-electron chi connectivity index (χ2n) is 6.04. The highest BCUT2D eigenvalue weighted by Gasteiger charge is 2.25. The lowest BCUT2D eigenvalue weighted by Gasteiger charge is -2.36. The summed E-state index contributed by atoms with van der Waals surface area (Å²) in [4.78, 5) is 20.7. The molecule has 0 unspecified atom stereocenters. The number of piperidine rings is 1. The Balaban J connectivity index is 1.61. The Bertz CT molecular complexity index is 696. The van der Waals surface area contributed by atoms with Gasteiger partial charge in [0, 0.05) is 30.4 Å². The summed E-state index contributed by atoms with van der Waals surface area (Å²) in [6.07, 6.45) is 3.82. The number of hydrogen-bond donors (Lipinski definition) is 1. The van der Waals surface area contributed by atoms with Crippen molar-refractivity contribution in [2.24, 2.45) is 0 Å². The van der Waals surface area contributed by atoms with Crippen molar-refractivity contribution in [3.8, 4) is 10.4 Å². The highest BCUT2D eigenvalue weighted by Crippen LogP contribution is 2.33. The van der Waals surface area contributed by atoms with E-state index in [-0.39, 0.29) is 6.54 Å². The van der Waals surface area contributed by atoms with Crippen LogP contribution in [0.3, 0.4) is 0 Å². The van der Waals surface area contributed by atoms with E-state index in [2.05, 4.69) is 9.88 Å². The summed E-state index contributed by atoms with van der Waals surface area (Å²) in [6.45, 7) is 1.91. The Morgan fingerprint density at radius 2 is 2.04 bits per heavy atom. The van der Waals surface area contributed by atoms with Gasteiger partial charge in [-0.2, -0.15) is 0 Å². The van der Waals surface area contributed by atoms with Gasteiger partial charge < -0.3 is 10.0 Å². The summed E-state index contributed by atoms with van der Waals surface area (Å²) in [5.74, 6) is -0.771. The molecule has 5 nitrogen and oxygen atoms in total. The summed E-state index contributed by atoms with van der Waals surface area (Å²) in [5.41, 5.74) is 1.12. The van der Waals surface area contributed by atoms with Crippen molar-refractivity contribution in [2.45, 2.75) is 18.9 Å². The third kappa shape index (κ3) is 4.06. The first kappa shape index (κ1) is 17.2. The molecule has 24 heavy (non-hydrogen) atoms. The van der Waals surface area contributed by atoms with Crippen molar-refractivity contribution in [1.82, 2.24) is 9.88 Å². The number of carbonyl (C=O) groups is 1. The van der Waals surface area contributed by atoms with E-state index in [1.54, 1.807) is 11.3 Å². The molecule has 1 aromatic heterocycles. The number of benzene rings is 1. The predicted molar refractivity (Wildman–Crippen MR) is 98.1 cm³/mol. The van der Waals surface area contributed by atoms with Crippen LogP contribution in [0.2, 0.25) is 5.02 Å². The lowest BCUT2D eigenvalue weighted by Crippen LogP contribution is -2.44. The first-order valence-corrected chi connectivity index (χ1v) is 9.11. The SMILES string of the molecule is CN(CC(=O)O)C1CCN(c2ncc(-c3ccc(Cl)cc3)s2)CC1. The maximum atomic E-state index is 10.8. The third-order valence-corrected chi connectivity index (χ3v) is 5.72. The first-order valence-electron chi connectivity index (χ1n) is 7.91. The zero-order chi connectivity index (χ0) is 17.1. The standard InChI is InChI=1S/C17H20ClN3O2S/c1-20(11-16(22)23)14-6-8-21(9-7-14)17-19-10-15(24-17)12-2-4-13(18)5-3-12/h2-5,10,14H,6-9,11H2,1H3,(H,22,23). The van der Waals surface area contributed by atoms with E-state index in [9.17, 15) is 4.79 Å². The number of nitrogens with zero attached hydrogens (tertiary/aromatic N) is 3. The van der Waals surface area contributed by atoms with Gasteiger partial charge in [-0.1, -0.05) is 35.1 Å². The maximum absolute atomic E-state index is 10.8. The van der Waals surface area contributed by atoms with E-state index in [0.29, 0.717) is 6.04 Å². The van der Waals surface area contributed by atoms with E-state index >= 15 is 0 Å². The number of aliphatic carboxylic acids is 1. The molecule has 1 N–H and O–H groups in total. The third-order valence-electron chi connectivity index (χ3n) is 4.37. The van der Waals surface area contributed by atoms with Gasteiger partial charge in [0.2, 0.25) is 0 Å². The van der Waals surface area contributed by atoms with Crippen molar-refractivity contribution in [3.63, 3.8) is 0 Å². The molecule has 2 heterocycles. The monoisotopic (exact) mass is 365 g/mol. The van der Waals surface area contributed by atoms with Gasteiger partial charge in [0.05, 0.1) is 11.4 Å². The molecule has 1 aliphatic heterocycles. The molecule has 7 heteroatoms. The van der Waals surface area contributed by atoms with Gasteiger partial charge in [-0.3, -0.25) is 9.69 Å². The molecule has 0 amide bonds. The Morgan fingerprint density at radius 3 is 2.67 bits per heavy atom. The van der Waals surface area contributed by atoms with Crippen LogP contribution in [-0.2, 0) is 4.79 Å². The number of thiazole rings is 1. The molecule has 0 aliphatic carbocycles. The van der Waals surface area contributed by atoms with Crippen molar-refractivity contribution in [3.05, 3.63) is 35.5 Å². The Labute approximate surface area is 150 Å². The minimum absolute atomic E-state index is 0.0998. The van der Waals surface area contributed by atoms with Crippen LogP contribution in [0.25, 0.3) is 10.4 Å². The zero-order valence-electron chi connectivity index (χ0n) is 13.5. The molecule has 1 aromatic carbocycles. The summed E-state index contributed by atoms with van der Waals surface area (Å²) in [5, 5.41) is 10.7. The van der Waals surface area contributed by atoms with Gasteiger partial charge in [-0.15, -0.1) is 0 Å². The number of carboxylic acids is 1. The number of rotatable bonds is 5. The zero-order valence-corrected chi connectivity index (χ0v) is 15.1. The molecule has 0 spiro atoms. The topological polar surface area (TPSA) is 56.7 Å². The smallest absolute Gasteiger partial charge is 0.317 e. The highest BCUT2D eigenvalue weighted by atomic mass is 35.5. The molecule has 0 saturated carbocycles. The van der Waals surface area contributed by atoms with Crippen molar-refractivity contribution >= 4 is 34.0 Å². The Morgan fingerprint density at radius 1 is 1.38 bits per heavy atom. The molecular formula is C17H20ClN3O2S. The largest absolute Gasteiger partial charge is 0.480 e. The lowest BCUT2D eigenvalue weighted by molar-refractivity contribution is -0.138. The maximum Gasteiger partial charge on any atom is 0.317 e. The van der Waals surface area contributed by atoms with Crippen LogP contribution in [0.1, 0.15) is 12.8 Å². The minimum Gasteiger partial charge on any atom is -0.480 e. The number of likely N-dealkylation sites (N-methyl/N-ethyl adjacent to an activating group) is 1. The van der Waals surface area contributed by atoms with Crippen LogP contribution in [0, 0.1) is 0 Å². The molecule has 1 saturated heterocycles. The summed E-state index contributed by atoms with van der Waals surface area (Å²) < 4.78 is 0. The molecule has 0 atom stereocenters. The van der Waals surface area contributed by atoms with Crippen molar-refractivity contribution in [2.75, 3.05) is 31.6 Å². The van der Waals surface area contributed by atoms with Crippen LogP contribution in [0.4, 0.5) is 5.13 Å². The molecule has 1 aliphatic rings. The van der Waals surface area contributed by atoms with E-state index in [0.717, 1.165) is 46.5 Å². The molecule has 0 radical (unpaired) electrons. The summed E-state index contributed by atoms with van der Waals surface area (Å²) in [6, 6.07) is 8.12. The fourth-order valence-corrected chi connectivity index (χ4v) is 4.10. The number of carboxylic acid groups (broad SMARTS) is 1. The minimum atomic E-state index is -0.771. The fourth-order valence-electron chi connectivity index (χ4n) is 3.00. The van der Waals surface area contributed by atoms with E-state index in [1.807, 2.05) is 42.4 Å². The lowest BCUT2D eigenvalue weighted by atomic mass is 10.0. The van der Waals surface area contributed by atoms with Crippen LogP contribution in [-0.4, -0.2) is 53.7 Å². The average Bonchev–Trinajstić information content (AvgIpc) is 3.05. The van der Waals surface area contributed by atoms with Crippen LogP contribution in [0.5, 0.6) is 0 Å². The highest BCUT2D eigenvalue weighted by molar-refractivity contribution is 7.18. The number of aromatic nitrogens is 1. The van der Waals surface area contributed by atoms with Gasteiger partial charge in [0.1, 0.15) is 0 Å². The first-order chi connectivity index (χ1) is 11.5. The fraction of sp³-hybridized carbons (Fsp3) is 0.412. The molecule has 1 fully saturated rings. The van der Waals surface area contributed by atoms with Crippen LogP contribution in [0.15, 0.2) is 30.5 Å². The second-order valence-corrected chi connectivity index (χ2v) is 7.49. The van der Waals surface area contributed by atoms with E-state index in [1.165, 1.54) is 0 Å². The quantitative estimate of drug-likeness (QED) is 0.879. The Kier molecular flexibility index (Phi) is 5.38. The summed E-state index contributed by atoms with van der Waals surface area (Å²) in [7, 11) is 1.89. The molecule has 0 bridgehead atoms. The van der Waals surface area contributed by atoms with Gasteiger partial charge in [-0.05, 0) is 37.6 Å². The molecular weight excluding hydrogens is 346 g/mol. The Hall–Kier alpha value is -1.63. The molecule has 128 valence electrons. The average molecular weight is 366 g/mol. The van der Waals surface area contributed by atoms with Gasteiger partial charge in [-0.25, -0.2) is 4.98 Å².